The summed E-state index contributed by atoms with van der Waals surface area (Å²) in [6.45, 7) is 6.57. The molecule has 2 aliphatic heterocycles. The van der Waals surface area contributed by atoms with E-state index in [-0.39, 0.29) is 12.3 Å². The summed E-state index contributed by atoms with van der Waals surface area (Å²) < 4.78 is 6.25. The van der Waals surface area contributed by atoms with Gasteiger partial charge in [0.1, 0.15) is 5.75 Å². The Morgan fingerprint density at radius 1 is 1.12 bits per heavy atom. The summed E-state index contributed by atoms with van der Waals surface area (Å²) in [6, 6.07) is 17.5. The van der Waals surface area contributed by atoms with Crippen LogP contribution in [0.5, 0.6) is 5.75 Å². The van der Waals surface area contributed by atoms with Crippen LogP contribution < -0.4 is 4.74 Å². The Bertz CT molecular complexity index is 764. The average molecular weight is 320 g/mol. The van der Waals surface area contributed by atoms with Crippen LogP contribution in [-0.2, 0) is 6.42 Å². The van der Waals surface area contributed by atoms with Gasteiger partial charge in [-0.3, -0.25) is 0 Å². The minimum absolute atomic E-state index is 0.00249. The maximum Gasteiger partial charge on any atom is 0.190 e. The second-order valence-corrected chi connectivity index (χ2v) is 6.99. The fraction of sp³-hybridized carbons (Fsp3) is 0.381. The number of hydrogen-bond donors (Lipinski definition) is 0. The van der Waals surface area contributed by atoms with E-state index in [9.17, 15) is 0 Å². The molecule has 0 spiro atoms. The monoisotopic (exact) mass is 320 g/mol. The van der Waals surface area contributed by atoms with E-state index in [1.54, 1.807) is 0 Å². The Balaban J connectivity index is 1.70. The van der Waals surface area contributed by atoms with Gasteiger partial charge < -0.3 is 4.74 Å². The largest absolute Gasteiger partial charge is 0.468 e. The van der Waals surface area contributed by atoms with Crippen molar-refractivity contribution < 1.29 is 4.74 Å². The Kier molecular flexibility index (Phi) is 3.79. The second kappa shape index (κ2) is 5.97. The summed E-state index contributed by atoms with van der Waals surface area (Å²) in [5.41, 5.74) is 5.00. The molecular weight excluding hydrogens is 296 g/mol. The zero-order chi connectivity index (χ0) is 16.7. The number of fused-ring (bicyclic) bond motifs is 3. The van der Waals surface area contributed by atoms with E-state index in [2.05, 4.69) is 68.2 Å². The number of hydrazone groups is 1. The van der Waals surface area contributed by atoms with E-state index >= 15 is 0 Å². The number of rotatable bonds is 3. The third-order valence-electron chi connectivity index (χ3n) is 4.99. The van der Waals surface area contributed by atoms with Crippen molar-refractivity contribution >= 4 is 5.71 Å². The number of benzene rings is 2. The Hall–Kier alpha value is -2.29. The zero-order valence-corrected chi connectivity index (χ0v) is 14.6. The number of para-hydroxylation sites is 1. The van der Waals surface area contributed by atoms with Crippen LogP contribution in [0.25, 0.3) is 0 Å². The van der Waals surface area contributed by atoms with E-state index in [1.165, 1.54) is 16.7 Å². The normalized spacial score (nSPS) is 22.0. The lowest BCUT2D eigenvalue weighted by Crippen LogP contribution is -2.43. The van der Waals surface area contributed by atoms with Gasteiger partial charge in [0, 0.05) is 17.9 Å². The number of nitrogens with zero attached hydrogens (tertiary/aromatic N) is 2. The fourth-order valence-corrected chi connectivity index (χ4v) is 3.61. The molecule has 2 aromatic carbocycles. The SMILES string of the molecule is CCc1ccc(C2=NN3[C@H](C2)c2ccccc2O[C@H]3C(C)C)cc1. The molecule has 3 heteroatoms. The maximum absolute atomic E-state index is 6.25. The van der Waals surface area contributed by atoms with Gasteiger partial charge in [-0.25, -0.2) is 5.01 Å². The highest BCUT2D eigenvalue weighted by atomic mass is 16.5. The Labute approximate surface area is 144 Å². The van der Waals surface area contributed by atoms with Crippen molar-refractivity contribution in [1.29, 1.82) is 0 Å². The van der Waals surface area contributed by atoms with Gasteiger partial charge in [-0.2, -0.15) is 5.10 Å². The van der Waals surface area contributed by atoms with Gasteiger partial charge in [-0.15, -0.1) is 0 Å². The van der Waals surface area contributed by atoms with Crippen molar-refractivity contribution in [1.82, 2.24) is 5.01 Å². The van der Waals surface area contributed by atoms with Crippen LogP contribution in [0.4, 0.5) is 0 Å². The lowest BCUT2D eigenvalue weighted by Gasteiger charge is -2.39. The number of hydrogen-bond acceptors (Lipinski definition) is 3. The Morgan fingerprint density at radius 2 is 1.88 bits per heavy atom. The van der Waals surface area contributed by atoms with E-state index in [0.717, 1.165) is 24.3 Å². The van der Waals surface area contributed by atoms with Crippen LogP contribution in [0, 0.1) is 5.92 Å². The molecule has 2 atom stereocenters. The van der Waals surface area contributed by atoms with Crippen molar-refractivity contribution in [3.63, 3.8) is 0 Å². The van der Waals surface area contributed by atoms with E-state index in [0.29, 0.717) is 5.92 Å². The predicted molar refractivity (Wildman–Crippen MR) is 97.3 cm³/mol. The van der Waals surface area contributed by atoms with Gasteiger partial charge in [0.15, 0.2) is 6.23 Å². The van der Waals surface area contributed by atoms with Gasteiger partial charge in [-0.1, -0.05) is 63.2 Å². The van der Waals surface area contributed by atoms with Crippen LogP contribution in [0.15, 0.2) is 53.6 Å². The van der Waals surface area contributed by atoms with Crippen molar-refractivity contribution in [2.75, 3.05) is 0 Å². The molecule has 0 fully saturated rings. The smallest absolute Gasteiger partial charge is 0.190 e. The molecule has 4 rings (SSSR count). The van der Waals surface area contributed by atoms with Crippen molar-refractivity contribution in [2.24, 2.45) is 11.0 Å². The highest BCUT2D eigenvalue weighted by Crippen LogP contribution is 2.44. The van der Waals surface area contributed by atoms with Crippen LogP contribution >= 0.6 is 0 Å². The second-order valence-electron chi connectivity index (χ2n) is 6.99. The van der Waals surface area contributed by atoms with Crippen LogP contribution in [-0.4, -0.2) is 16.9 Å². The van der Waals surface area contributed by atoms with Crippen LogP contribution in [0.1, 0.15) is 49.9 Å². The van der Waals surface area contributed by atoms with Crippen LogP contribution in [0.2, 0.25) is 0 Å². The summed E-state index contributed by atoms with van der Waals surface area (Å²) >= 11 is 0. The summed E-state index contributed by atoms with van der Waals surface area (Å²) in [5, 5.41) is 7.14. The minimum atomic E-state index is -0.00249. The van der Waals surface area contributed by atoms with Crippen molar-refractivity contribution in [2.45, 2.75) is 45.9 Å². The first-order valence-electron chi connectivity index (χ1n) is 8.88. The molecule has 0 aromatic heterocycles. The molecule has 124 valence electrons. The molecule has 0 radical (unpaired) electrons. The first-order chi connectivity index (χ1) is 11.7. The highest BCUT2D eigenvalue weighted by molar-refractivity contribution is 6.02. The van der Waals surface area contributed by atoms with Crippen LogP contribution in [0.3, 0.4) is 0 Å². The summed E-state index contributed by atoms with van der Waals surface area (Å²) in [4.78, 5) is 0. The molecule has 2 aromatic rings. The maximum atomic E-state index is 6.25. The number of aryl methyl sites for hydroxylation is 1. The molecule has 3 nitrogen and oxygen atoms in total. The van der Waals surface area contributed by atoms with Gasteiger partial charge >= 0.3 is 0 Å². The summed E-state index contributed by atoms with van der Waals surface area (Å²) in [6.07, 6.45) is 2.00. The molecule has 2 aliphatic rings. The summed E-state index contributed by atoms with van der Waals surface area (Å²) in [5.74, 6) is 1.39. The highest BCUT2D eigenvalue weighted by Gasteiger charge is 2.41. The first-order valence-corrected chi connectivity index (χ1v) is 8.88. The molecule has 0 N–H and O–H groups in total. The van der Waals surface area contributed by atoms with E-state index < -0.39 is 0 Å². The molecule has 0 saturated heterocycles. The first kappa shape index (κ1) is 15.3. The van der Waals surface area contributed by atoms with E-state index in [4.69, 9.17) is 9.84 Å². The van der Waals surface area contributed by atoms with Gasteiger partial charge in [0.2, 0.25) is 0 Å². The molecule has 0 saturated carbocycles. The van der Waals surface area contributed by atoms with Gasteiger partial charge in [-0.05, 0) is 23.6 Å². The van der Waals surface area contributed by atoms with E-state index in [1.807, 2.05) is 6.07 Å². The van der Waals surface area contributed by atoms with Crippen molar-refractivity contribution in [3.8, 4) is 5.75 Å². The lowest BCUT2D eigenvalue weighted by molar-refractivity contribution is -0.0461. The van der Waals surface area contributed by atoms with Gasteiger partial charge in [0.25, 0.3) is 0 Å². The third kappa shape index (κ3) is 2.48. The third-order valence-corrected chi connectivity index (χ3v) is 4.99. The van der Waals surface area contributed by atoms with Crippen molar-refractivity contribution in [3.05, 3.63) is 65.2 Å². The fourth-order valence-electron chi connectivity index (χ4n) is 3.61. The van der Waals surface area contributed by atoms with Gasteiger partial charge in [0.05, 0.1) is 11.8 Å². The molecule has 2 heterocycles. The number of ether oxygens (including phenoxy) is 1. The Morgan fingerprint density at radius 3 is 2.58 bits per heavy atom. The molecule has 0 unspecified atom stereocenters. The summed E-state index contributed by atoms with van der Waals surface area (Å²) in [7, 11) is 0. The standard InChI is InChI=1S/C21H24N2O/c1-4-15-9-11-16(12-10-15)18-13-19-17-7-5-6-8-20(17)24-21(14(2)3)23(19)22-18/h5-12,14,19,21H,4,13H2,1-3H3/t19-,21+/m1/s1. The zero-order valence-electron chi connectivity index (χ0n) is 14.6. The molecule has 0 amide bonds. The minimum Gasteiger partial charge on any atom is -0.468 e. The molecule has 0 aliphatic carbocycles. The quantitative estimate of drug-likeness (QED) is 0.813. The average Bonchev–Trinajstić information content (AvgIpc) is 3.06. The lowest BCUT2D eigenvalue weighted by atomic mass is 9.95. The predicted octanol–water partition coefficient (Wildman–Crippen LogP) is 4.77. The molecule has 0 bridgehead atoms. The molecular formula is C21H24N2O. The topological polar surface area (TPSA) is 24.8 Å². The molecule has 24 heavy (non-hydrogen) atoms.